The first-order valence-corrected chi connectivity index (χ1v) is 6.45. The van der Waals surface area contributed by atoms with Crippen LogP contribution in [0.4, 0.5) is 0 Å². The second-order valence-corrected chi connectivity index (χ2v) is 4.82. The topological polar surface area (TPSA) is 9.23 Å². The van der Waals surface area contributed by atoms with Crippen molar-refractivity contribution in [2.24, 2.45) is 5.41 Å². The Bertz CT molecular complexity index is 468. The van der Waals surface area contributed by atoms with E-state index in [0.717, 1.165) is 13.2 Å². The van der Waals surface area contributed by atoms with Gasteiger partial charge in [0.2, 0.25) is 0 Å². The first kappa shape index (κ1) is 12.8. The van der Waals surface area contributed by atoms with E-state index in [2.05, 4.69) is 61.6 Å². The van der Waals surface area contributed by atoms with Crippen LogP contribution in [0.1, 0.15) is 19.4 Å². The van der Waals surface area contributed by atoms with Crippen molar-refractivity contribution in [3.63, 3.8) is 0 Å². The minimum Gasteiger partial charge on any atom is -0.381 e. The minimum absolute atomic E-state index is 0.0109. The number of benzene rings is 1. The molecule has 0 saturated carbocycles. The summed E-state index contributed by atoms with van der Waals surface area (Å²) in [5.41, 5.74) is 2.48. The second-order valence-electron chi connectivity index (χ2n) is 4.82. The summed E-state index contributed by atoms with van der Waals surface area (Å²) < 4.78 is 5.55. The summed E-state index contributed by atoms with van der Waals surface area (Å²) in [6.45, 7) is 5.71. The van der Waals surface area contributed by atoms with Gasteiger partial charge in [0, 0.05) is 12.0 Å². The molecule has 1 aromatic rings. The third-order valence-electron chi connectivity index (χ3n) is 3.12. The van der Waals surface area contributed by atoms with Crippen molar-refractivity contribution in [3.8, 4) is 0 Å². The molecule has 0 fully saturated rings. The fourth-order valence-corrected chi connectivity index (χ4v) is 2.00. The van der Waals surface area contributed by atoms with Gasteiger partial charge in [-0.05, 0) is 18.1 Å². The van der Waals surface area contributed by atoms with Crippen molar-refractivity contribution >= 4 is 5.57 Å². The highest BCUT2D eigenvalue weighted by Crippen LogP contribution is 2.27. The number of rotatable bonds is 4. The number of allylic oxidation sites excluding steroid dienone is 4. The Kier molecular flexibility index (Phi) is 4.16. The van der Waals surface area contributed by atoms with Gasteiger partial charge < -0.3 is 4.74 Å². The lowest BCUT2D eigenvalue weighted by Gasteiger charge is -2.20. The Morgan fingerprint density at radius 2 is 1.89 bits per heavy atom. The van der Waals surface area contributed by atoms with E-state index in [-0.39, 0.29) is 5.41 Å². The van der Waals surface area contributed by atoms with Gasteiger partial charge in [0.1, 0.15) is 0 Å². The molecule has 0 aromatic heterocycles. The summed E-state index contributed by atoms with van der Waals surface area (Å²) in [4.78, 5) is 0. The zero-order chi connectivity index (χ0) is 12.8. The maximum atomic E-state index is 5.55. The van der Waals surface area contributed by atoms with E-state index in [1.54, 1.807) is 0 Å². The van der Waals surface area contributed by atoms with Crippen molar-refractivity contribution in [2.75, 3.05) is 13.2 Å². The first-order chi connectivity index (χ1) is 8.73. The van der Waals surface area contributed by atoms with Crippen LogP contribution in [0.5, 0.6) is 0 Å². The van der Waals surface area contributed by atoms with E-state index < -0.39 is 0 Å². The van der Waals surface area contributed by atoms with Gasteiger partial charge in [-0.2, -0.15) is 0 Å². The highest BCUT2D eigenvalue weighted by molar-refractivity contribution is 5.75. The third-order valence-corrected chi connectivity index (χ3v) is 3.12. The fraction of sp³-hybridized carbons (Fsp3) is 0.294. The molecule has 0 saturated heterocycles. The summed E-state index contributed by atoms with van der Waals surface area (Å²) in [5.74, 6) is 0. The summed E-state index contributed by atoms with van der Waals surface area (Å²) in [5, 5.41) is 0. The monoisotopic (exact) mass is 240 g/mol. The fourth-order valence-electron chi connectivity index (χ4n) is 2.00. The molecule has 1 unspecified atom stereocenters. The smallest absolute Gasteiger partial charge is 0.0589 e. The summed E-state index contributed by atoms with van der Waals surface area (Å²) in [7, 11) is 0. The van der Waals surface area contributed by atoms with Crippen LogP contribution in [0, 0.1) is 5.41 Å². The molecule has 1 nitrogen and oxygen atoms in total. The van der Waals surface area contributed by atoms with Gasteiger partial charge >= 0.3 is 0 Å². The van der Waals surface area contributed by atoms with Crippen LogP contribution in [-0.2, 0) is 4.74 Å². The molecule has 0 bridgehead atoms. The van der Waals surface area contributed by atoms with Crippen molar-refractivity contribution < 1.29 is 4.74 Å². The molecule has 2 rings (SSSR count). The van der Waals surface area contributed by atoms with Crippen LogP contribution >= 0.6 is 0 Å². The Hall–Kier alpha value is -1.60. The zero-order valence-corrected chi connectivity index (χ0v) is 11.1. The van der Waals surface area contributed by atoms with Gasteiger partial charge in [-0.15, -0.1) is 0 Å². The van der Waals surface area contributed by atoms with E-state index in [1.165, 1.54) is 11.1 Å². The minimum atomic E-state index is -0.0109. The maximum absolute atomic E-state index is 5.55. The predicted octanol–water partition coefficient (Wildman–Crippen LogP) is 4.24. The average molecular weight is 240 g/mol. The standard InChI is InChI=1S/C17H20O/c1-3-18-14-17(2)12-7-10-16(11-13-17)15-8-5-4-6-9-15/h4-13H,3,14H2,1-2H3. The largest absolute Gasteiger partial charge is 0.381 e. The van der Waals surface area contributed by atoms with E-state index in [4.69, 9.17) is 4.74 Å². The molecule has 1 aliphatic rings. The van der Waals surface area contributed by atoms with E-state index >= 15 is 0 Å². The Balaban J connectivity index is 2.17. The number of hydrogen-bond acceptors (Lipinski definition) is 1. The lowest BCUT2D eigenvalue weighted by Crippen LogP contribution is -2.17. The van der Waals surface area contributed by atoms with Gasteiger partial charge in [0.05, 0.1) is 6.61 Å². The average Bonchev–Trinajstić information content (AvgIpc) is 2.60. The molecular weight excluding hydrogens is 220 g/mol. The number of hydrogen-bond donors (Lipinski definition) is 0. The van der Waals surface area contributed by atoms with Crippen LogP contribution in [0.15, 0.2) is 60.7 Å². The molecule has 0 radical (unpaired) electrons. The molecular formula is C17H20O. The van der Waals surface area contributed by atoms with Crippen molar-refractivity contribution in [2.45, 2.75) is 13.8 Å². The van der Waals surface area contributed by atoms with Crippen LogP contribution in [0.3, 0.4) is 0 Å². The van der Waals surface area contributed by atoms with Crippen LogP contribution < -0.4 is 0 Å². The van der Waals surface area contributed by atoms with Gasteiger partial charge in [0.25, 0.3) is 0 Å². The first-order valence-electron chi connectivity index (χ1n) is 6.45. The lowest BCUT2D eigenvalue weighted by atomic mass is 9.91. The Morgan fingerprint density at radius 3 is 2.61 bits per heavy atom. The van der Waals surface area contributed by atoms with Crippen LogP contribution in [0.25, 0.3) is 5.57 Å². The van der Waals surface area contributed by atoms with Crippen molar-refractivity contribution in [1.82, 2.24) is 0 Å². The van der Waals surface area contributed by atoms with Gasteiger partial charge in [-0.1, -0.05) is 67.6 Å². The Morgan fingerprint density at radius 1 is 1.11 bits per heavy atom. The summed E-state index contributed by atoms with van der Waals surface area (Å²) >= 11 is 0. The van der Waals surface area contributed by atoms with Crippen LogP contribution in [-0.4, -0.2) is 13.2 Å². The number of ether oxygens (including phenoxy) is 1. The SMILES string of the molecule is CCOCC1(C)C=CC=C(c2ccccc2)C=C1. The molecule has 0 aliphatic heterocycles. The second kappa shape index (κ2) is 5.83. The molecule has 1 aliphatic carbocycles. The third kappa shape index (κ3) is 3.21. The molecule has 1 aromatic carbocycles. The molecule has 0 heterocycles. The van der Waals surface area contributed by atoms with E-state index in [0.29, 0.717) is 0 Å². The summed E-state index contributed by atoms with van der Waals surface area (Å²) in [6.07, 6.45) is 10.9. The molecule has 0 amide bonds. The predicted molar refractivity (Wildman–Crippen MR) is 77.3 cm³/mol. The summed E-state index contributed by atoms with van der Waals surface area (Å²) in [6, 6.07) is 10.4. The van der Waals surface area contributed by atoms with Gasteiger partial charge in [-0.3, -0.25) is 0 Å². The zero-order valence-electron chi connectivity index (χ0n) is 11.1. The van der Waals surface area contributed by atoms with E-state index in [1.807, 2.05) is 13.0 Å². The molecule has 1 heteroatoms. The van der Waals surface area contributed by atoms with Crippen LogP contribution in [0.2, 0.25) is 0 Å². The molecule has 94 valence electrons. The highest BCUT2D eigenvalue weighted by atomic mass is 16.5. The van der Waals surface area contributed by atoms with Crippen molar-refractivity contribution in [3.05, 3.63) is 66.3 Å². The van der Waals surface area contributed by atoms with E-state index in [9.17, 15) is 0 Å². The quantitative estimate of drug-likeness (QED) is 0.765. The van der Waals surface area contributed by atoms with Gasteiger partial charge in [0.15, 0.2) is 0 Å². The Labute approximate surface area is 109 Å². The molecule has 0 spiro atoms. The molecule has 0 N–H and O–H groups in total. The van der Waals surface area contributed by atoms with Gasteiger partial charge in [-0.25, -0.2) is 0 Å². The normalized spacial score (nSPS) is 22.7. The molecule has 1 atom stereocenters. The van der Waals surface area contributed by atoms with Crippen molar-refractivity contribution in [1.29, 1.82) is 0 Å². The maximum Gasteiger partial charge on any atom is 0.0589 e. The highest BCUT2D eigenvalue weighted by Gasteiger charge is 2.18. The lowest BCUT2D eigenvalue weighted by molar-refractivity contribution is 0.105. The molecule has 18 heavy (non-hydrogen) atoms.